The molecule has 6 nitrogen and oxygen atoms in total. The van der Waals surface area contributed by atoms with E-state index in [4.69, 9.17) is 25.8 Å². The van der Waals surface area contributed by atoms with Crippen LogP contribution in [0.4, 0.5) is 0 Å². The van der Waals surface area contributed by atoms with E-state index in [0.717, 1.165) is 11.1 Å². The maximum Gasteiger partial charge on any atom is 0.275 e. The number of carbonyl (C=O) groups is 1. The first-order valence-electron chi connectivity index (χ1n) is 8.62. The number of carbonyl (C=O) groups excluding carboxylic acids is 1. The summed E-state index contributed by atoms with van der Waals surface area (Å²) in [5, 5.41) is 5.59. The van der Waals surface area contributed by atoms with Crippen LogP contribution < -0.4 is 24.8 Å². The van der Waals surface area contributed by atoms with E-state index < -0.39 is 0 Å². The predicted molar refractivity (Wildman–Crippen MR) is 105 cm³/mol. The molecular weight excluding hydrogens is 368 g/mol. The van der Waals surface area contributed by atoms with Crippen LogP contribution in [0.3, 0.4) is 0 Å². The van der Waals surface area contributed by atoms with Gasteiger partial charge in [0.1, 0.15) is 11.8 Å². The van der Waals surface area contributed by atoms with E-state index in [1.54, 1.807) is 33.5 Å². The number of hydrogen-bond donors (Lipinski definition) is 2. The Balaban J connectivity index is 1.92. The smallest absolute Gasteiger partial charge is 0.275 e. The van der Waals surface area contributed by atoms with Crippen LogP contribution in [-0.2, 0) is 11.3 Å². The average molecular weight is 394 g/mol. The first kappa shape index (κ1) is 20.9. The largest absolute Gasteiger partial charge is 0.496 e. The van der Waals surface area contributed by atoms with Gasteiger partial charge in [0.05, 0.1) is 21.3 Å². The molecule has 0 saturated carbocycles. The maximum absolute atomic E-state index is 12.2. The molecule has 0 radical (unpaired) electrons. The summed E-state index contributed by atoms with van der Waals surface area (Å²) in [6, 6.07) is 11.3. The zero-order chi connectivity index (χ0) is 19.8. The topological polar surface area (TPSA) is 73.4 Å². The molecule has 0 fully saturated rings. The molecule has 0 unspecified atom stereocenters. The van der Waals surface area contributed by atoms with Crippen molar-refractivity contribution in [3.8, 4) is 17.2 Å². The lowest BCUT2D eigenvalue weighted by Crippen LogP contribution is -2.87. The fraction of sp³-hybridized carbons (Fsp3) is 0.350. The molecule has 0 aliphatic rings. The number of benzene rings is 2. The van der Waals surface area contributed by atoms with E-state index in [0.29, 0.717) is 35.4 Å². The van der Waals surface area contributed by atoms with Gasteiger partial charge >= 0.3 is 0 Å². The lowest BCUT2D eigenvalue weighted by atomic mass is 10.1. The number of methoxy groups -OCH3 is 3. The highest BCUT2D eigenvalue weighted by molar-refractivity contribution is 6.30. The zero-order valence-corrected chi connectivity index (χ0v) is 16.8. The Hall–Kier alpha value is -2.44. The quantitative estimate of drug-likeness (QED) is 0.685. The number of quaternary nitrogens is 1. The molecule has 2 aromatic carbocycles. The molecule has 1 amide bonds. The molecule has 2 rings (SSSR count). The van der Waals surface area contributed by atoms with Crippen molar-refractivity contribution in [1.29, 1.82) is 0 Å². The van der Waals surface area contributed by atoms with Gasteiger partial charge in [-0.2, -0.15) is 0 Å². The van der Waals surface area contributed by atoms with Crippen molar-refractivity contribution in [2.45, 2.75) is 19.5 Å². The molecule has 2 aromatic rings. The van der Waals surface area contributed by atoms with Crippen LogP contribution in [0.2, 0.25) is 5.02 Å². The number of rotatable bonds is 9. The third kappa shape index (κ3) is 5.77. The number of nitrogens with two attached hydrogens (primary N) is 1. The Morgan fingerprint density at radius 2 is 1.63 bits per heavy atom. The number of halogens is 1. The average Bonchev–Trinajstić information content (AvgIpc) is 2.70. The highest BCUT2D eigenvalue weighted by Gasteiger charge is 2.14. The molecule has 0 aliphatic heterocycles. The van der Waals surface area contributed by atoms with Crippen LogP contribution in [0, 0.1) is 0 Å². The molecule has 0 heterocycles. The minimum atomic E-state index is -0.0624. The summed E-state index contributed by atoms with van der Waals surface area (Å²) in [7, 11) is 4.71. The monoisotopic (exact) mass is 393 g/mol. The van der Waals surface area contributed by atoms with Gasteiger partial charge in [0.15, 0.2) is 18.0 Å². The Bertz CT molecular complexity index is 765. The van der Waals surface area contributed by atoms with Crippen LogP contribution in [-0.4, -0.2) is 33.8 Å². The molecule has 3 N–H and O–H groups in total. The fourth-order valence-electron chi connectivity index (χ4n) is 2.68. The van der Waals surface area contributed by atoms with Gasteiger partial charge < -0.3 is 24.8 Å². The van der Waals surface area contributed by atoms with Gasteiger partial charge in [-0.05, 0) is 25.1 Å². The third-order valence-electron chi connectivity index (χ3n) is 4.32. The van der Waals surface area contributed by atoms with Crippen LogP contribution in [0.1, 0.15) is 24.1 Å². The van der Waals surface area contributed by atoms with E-state index in [2.05, 4.69) is 5.32 Å². The third-order valence-corrected chi connectivity index (χ3v) is 4.57. The summed E-state index contributed by atoms with van der Waals surface area (Å²) in [6.45, 7) is 2.71. The van der Waals surface area contributed by atoms with Crippen LogP contribution in [0.25, 0.3) is 0 Å². The summed E-state index contributed by atoms with van der Waals surface area (Å²) < 4.78 is 16.0. The van der Waals surface area contributed by atoms with Gasteiger partial charge in [-0.3, -0.25) is 4.79 Å². The van der Waals surface area contributed by atoms with E-state index in [1.807, 2.05) is 36.5 Å². The van der Waals surface area contributed by atoms with Gasteiger partial charge in [-0.15, -0.1) is 0 Å². The van der Waals surface area contributed by atoms with Gasteiger partial charge in [-0.25, -0.2) is 0 Å². The van der Waals surface area contributed by atoms with Crippen molar-refractivity contribution in [3.05, 3.63) is 52.5 Å². The van der Waals surface area contributed by atoms with Crippen LogP contribution >= 0.6 is 11.6 Å². The Kier molecular flexibility index (Phi) is 7.76. The molecule has 146 valence electrons. The molecule has 0 saturated heterocycles. The second kappa shape index (κ2) is 10.0. The predicted octanol–water partition coefficient (Wildman–Crippen LogP) is 2.31. The van der Waals surface area contributed by atoms with Crippen molar-refractivity contribution >= 4 is 17.5 Å². The van der Waals surface area contributed by atoms with E-state index in [9.17, 15) is 4.79 Å². The first-order valence-corrected chi connectivity index (χ1v) is 9.00. The van der Waals surface area contributed by atoms with E-state index in [-0.39, 0.29) is 11.9 Å². The summed E-state index contributed by atoms with van der Waals surface area (Å²) in [5.41, 5.74) is 1.93. The lowest BCUT2D eigenvalue weighted by molar-refractivity contribution is -0.682. The van der Waals surface area contributed by atoms with Crippen LogP contribution in [0.5, 0.6) is 17.2 Å². The molecule has 7 heteroatoms. The zero-order valence-electron chi connectivity index (χ0n) is 16.0. The fourth-order valence-corrected chi connectivity index (χ4v) is 2.81. The number of ether oxygens (including phenoxy) is 3. The second-order valence-corrected chi connectivity index (χ2v) is 6.51. The Morgan fingerprint density at radius 3 is 2.22 bits per heavy atom. The molecule has 0 spiro atoms. The molecule has 0 bridgehead atoms. The number of amides is 1. The number of nitrogens with one attached hydrogen (secondary N) is 1. The maximum atomic E-state index is 12.2. The minimum absolute atomic E-state index is 0.0624. The summed E-state index contributed by atoms with van der Waals surface area (Å²) in [6.07, 6.45) is 0. The minimum Gasteiger partial charge on any atom is -0.496 e. The SMILES string of the molecule is COc1cc(OC)c(OC)cc1CNC(=O)C[NH2+][C@H](C)c1ccc(Cl)cc1. The normalized spacial score (nSPS) is 11.6. The van der Waals surface area contributed by atoms with Crippen molar-refractivity contribution in [2.75, 3.05) is 27.9 Å². The molecule has 0 aromatic heterocycles. The standard InChI is InChI=1S/C20H25ClN2O4/c1-13(14-5-7-16(21)8-6-14)22-12-20(24)23-11-15-9-18(26-3)19(27-4)10-17(15)25-2/h5-10,13,22H,11-12H2,1-4H3,(H,23,24)/p+1/t13-/m1/s1. The van der Waals surface area contributed by atoms with Crippen molar-refractivity contribution in [3.63, 3.8) is 0 Å². The molecule has 1 atom stereocenters. The highest BCUT2D eigenvalue weighted by atomic mass is 35.5. The lowest BCUT2D eigenvalue weighted by Gasteiger charge is -2.15. The van der Waals surface area contributed by atoms with Gasteiger partial charge in [0.2, 0.25) is 0 Å². The summed E-state index contributed by atoms with van der Waals surface area (Å²) in [5.74, 6) is 1.74. The Labute approximate surface area is 164 Å². The van der Waals surface area contributed by atoms with Crippen molar-refractivity contribution < 1.29 is 24.3 Å². The van der Waals surface area contributed by atoms with Gasteiger partial charge in [0.25, 0.3) is 5.91 Å². The second-order valence-electron chi connectivity index (χ2n) is 6.08. The summed E-state index contributed by atoms with van der Waals surface area (Å²) >= 11 is 5.91. The van der Waals surface area contributed by atoms with E-state index >= 15 is 0 Å². The van der Waals surface area contributed by atoms with Crippen LogP contribution in [0.15, 0.2) is 36.4 Å². The van der Waals surface area contributed by atoms with Gasteiger partial charge in [-0.1, -0.05) is 23.7 Å². The van der Waals surface area contributed by atoms with Crippen molar-refractivity contribution in [1.82, 2.24) is 5.32 Å². The van der Waals surface area contributed by atoms with E-state index in [1.165, 1.54) is 0 Å². The van der Waals surface area contributed by atoms with Gasteiger partial charge in [0, 0.05) is 28.8 Å². The summed E-state index contributed by atoms with van der Waals surface area (Å²) in [4.78, 5) is 12.2. The first-order chi connectivity index (χ1) is 13.0. The van der Waals surface area contributed by atoms with Crippen molar-refractivity contribution in [2.24, 2.45) is 0 Å². The molecular formula is C20H26ClN2O4+. The number of hydrogen-bond acceptors (Lipinski definition) is 4. The Morgan fingerprint density at radius 1 is 1.04 bits per heavy atom. The highest BCUT2D eigenvalue weighted by Crippen LogP contribution is 2.34. The molecule has 0 aliphatic carbocycles. The molecule has 27 heavy (non-hydrogen) atoms.